The molecule has 2 aromatic rings. The topological polar surface area (TPSA) is 79.6 Å². The molecular weight excluding hydrogens is 198 g/mol. The van der Waals surface area contributed by atoms with Gasteiger partial charge in [-0.05, 0) is 28.8 Å². The normalized spacial score (nSPS) is 10.4. The molecule has 0 aliphatic carbocycles. The molecule has 0 bridgehead atoms. The van der Waals surface area contributed by atoms with E-state index in [0.717, 1.165) is 6.54 Å². The van der Waals surface area contributed by atoms with E-state index in [0.29, 0.717) is 11.9 Å². The van der Waals surface area contributed by atoms with Crippen molar-refractivity contribution in [3.05, 3.63) is 21.9 Å². The fraction of sp³-hybridized carbons (Fsp3) is 0.250. The summed E-state index contributed by atoms with van der Waals surface area (Å²) in [4.78, 5) is 3.94. The van der Waals surface area contributed by atoms with Crippen molar-refractivity contribution in [2.45, 2.75) is 13.5 Å². The van der Waals surface area contributed by atoms with Crippen molar-refractivity contribution in [1.29, 1.82) is 0 Å². The van der Waals surface area contributed by atoms with Gasteiger partial charge in [-0.1, -0.05) is 0 Å². The van der Waals surface area contributed by atoms with Crippen LogP contribution in [-0.4, -0.2) is 15.2 Å². The average molecular weight is 209 g/mol. The molecule has 5 nitrogen and oxygen atoms in total. The molecule has 0 radical (unpaired) electrons. The third-order valence-corrected chi connectivity index (χ3v) is 2.81. The number of aryl methyl sites for hydroxylation is 1. The Morgan fingerprint density at radius 2 is 2.43 bits per heavy atom. The second kappa shape index (κ2) is 3.67. The van der Waals surface area contributed by atoms with Gasteiger partial charge in [0.2, 0.25) is 11.9 Å². The molecule has 0 aliphatic rings. The number of hydrogen-bond donors (Lipinski definition) is 3. The van der Waals surface area contributed by atoms with Crippen LogP contribution in [0.1, 0.15) is 11.1 Å². The Morgan fingerprint density at radius 1 is 1.57 bits per heavy atom. The molecule has 0 saturated heterocycles. The lowest BCUT2D eigenvalue weighted by Crippen LogP contribution is -2.01. The van der Waals surface area contributed by atoms with Crippen molar-refractivity contribution < 1.29 is 0 Å². The predicted molar refractivity (Wildman–Crippen MR) is 57.2 cm³/mol. The third kappa shape index (κ3) is 1.85. The summed E-state index contributed by atoms with van der Waals surface area (Å²) in [7, 11) is 0. The Labute approximate surface area is 85.4 Å². The molecule has 2 rings (SSSR count). The number of rotatable bonds is 3. The van der Waals surface area contributed by atoms with Crippen molar-refractivity contribution >= 4 is 23.2 Å². The molecule has 0 spiro atoms. The van der Waals surface area contributed by atoms with Gasteiger partial charge in [0.1, 0.15) is 0 Å². The third-order valence-electron chi connectivity index (χ3n) is 1.90. The van der Waals surface area contributed by atoms with Crippen LogP contribution < -0.4 is 11.1 Å². The quantitative estimate of drug-likeness (QED) is 0.713. The predicted octanol–water partition coefficient (Wildman–Crippen LogP) is 1.37. The van der Waals surface area contributed by atoms with Crippen LogP contribution in [-0.2, 0) is 6.54 Å². The summed E-state index contributed by atoms with van der Waals surface area (Å²) in [6.45, 7) is 2.81. The molecule has 6 heteroatoms. The van der Waals surface area contributed by atoms with Gasteiger partial charge in [0.15, 0.2) is 0 Å². The molecule has 0 aromatic carbocycles. The first-order valence-corrected chi connectivity index (χ1v) is 5.13. The summed E-state index contributed by atoms with van der Waals surface area (Å²) in [6.07, 6.45) is 0. The maximum atomic E-state index is 5.39. The van der Waals surface area contributed by atoms with Crippen LogP contribution in [0.3, 0.4) is 0 Å². The van der Waals surface area contributed by atoms with Gasteiger partial charge in [-0.15, -0.1) is 5.10 Å². The van der Waals surface area contributed by atoms with E-state index >= 15 is 0 Å². The van der Waals surface area contributed by atoms with Gasteiger partial charge < -0.3 is 11.1 Å². The lowest BCUT2D eigenvalue weighted by Gasteiger charge is -1.99. The molecule has 4 N–H and O–H groups in total. The fourth-order valence-corrected chi connectivity index (χ4v) is 1.95. The van der Waals surface area contributed by atoms with E-state index in [1.807, 2.05) is 0 Å². The van der Waals surface area contributed by atoms with Gasteiger partial charge in [-0.25, -0.2) is 5.10 Å². The zero-order valence-corrected chi connectivity index (χ0v) is 8.56. The first-order valence-electron chi connectivity index (χ1n) is 4.19. The number of anilines is 2. The number of hydrogen-bond acceptors (Lipinski definition) is 5. The summed E-state index contributed by atoms with van der Waals surface area (Å²) in [5.74, 6) is 0.864. The van der Waals surface area contributed by atoms with Crippen LogP contribution >= 0.6 is 11.3 Å². The molecule has 0 saturated carbocycles. The molecule has 2 aromatic heterocycles. The summed E-state index contributed by atoms with van der Waals surface area (Å²) >= 11 is 1.69. The Hall–Kier alpha value is -1.56. The highest BCUT2D eigenvalue weighted by atomic mass is 32.1. The van der Waals surface area contributed by atoms with Crippen molar-refractivity contribution in [1.82, 2.24) is 15.2 Å². The molecule has 0 amide bonds. The van der Waals surface area contributed by atoms with Gasteiger partial charge in [-0.3, -0.25) is 0 Å². The van der Waals surface area contributed by atoms with E-state index < -0.39 is 0 Å². The largest absolute Gasteiger partial charge is 0.368 e. The fourth-order valence-electron chi connectivity index (χ4n) is 1.10. The van der Waals surface area contributed by atoms with Gasteiger partial charge >= 0.3 is 0 Å². The number of aromatic amines is 1. The summed E-state index contributed by atoms with van der Waals surface area (Å²) in [5, 5.41) is 13.8. The Bertz CT molecular complexity index is 419. The van der Waals surface area contributed by atoms with Crippen molar-refractivity contribution in [2.75, 3.05) is 11.1 Å². The highest BCUT2D eigenvalue weighted by molar-refractivity contribution is 7.08. The molecule has 0 aliphatic heterocycles. The lowest BCUT2D eigenvalue weighted by atomic mass is 10.2. The Morgan fingerprint density at radius 3 is 3.00 bits per heavy atom. The van der Waals surface area contributed by atoms with Crippen molar-refractivity contribution in [2.24, 2.45) is 0 Å². The maximum absolute atomic E-state index is 5.39. The minimum Gasteiger partial charge on any atom is -0.368 e. The summed E-state index contributed by atoms with van der Waals surface area (Å²) in [5.41, 5.74) is 7.94. The Kier molecular flexibility index (Phi) is 2.36. The second-order valence-corrected chi connectivity index (χ2v) is 3.72. The van der Waals surface area contributed by atoms with E-state index in [9.17, 15) is 0 Å². The van der Waals surface area contributed by atoms with E-state index in [1.54, 1.807) is 11.3 Å². The van der Waals surface area contributed by atoms with Crippen LogP contribution in [0.2, 0.25) is 0 Å². The minimum atomic E-state index is 0.328. The van der Waals surface area contributed by atoms with Crippen LogP contribution in [0.25, 0.3) is 0 Å². The maximum Gasteiger partial charge on any atom is 0.243 e. The first kappa shape index (κ1) is 9.01. The molecule has 74 valence electrons. The van der Waals surface area contributed by atoms with Gasteiger partial charge in [0.05, 0.1) is 0 Å². The molecule has 0 atom stereocenters. The van der Waals surface area contributed by atoms with Crippen LogP contribution in [0.15, 0.2) is 10.8 Å². The number of aromatic nitrogens is 3. The van der Waals surface area contributed by atoms with E-state index in [4.69, 9.17) is 5.73 Å². The van der Waals surface area contributed by atoms with E-state index in [-0.39, 0.29) is 0 Å². The molecule has 14 heavy (non-hydrogen) atoms. The van der Waals surface area contributed by atoms with Crippen LogP contribution in [0.5, 0.6) is 0 Å². The zero-order chi connectivity index (χ0) is 9.97. The molecule has 0 fully saturated rings. The Balaban J connectivity index is 1.98. The van der Waals surface area contributed by atoms with Gasteiger partial charge in [-0.2, -0.15) is 16.3 Å². The standard InChI is InChI=1S/C8H11N5S/c1-5-3-14-4-6(5)2-10-8-11-7(9)12-13-8/h3-4H,2H2,1H3,(H4,9,10,11,12,13). The second-order valence-electron chi connectivity index (χ2n) is 2.98. The monoisotopic (exact) mass is 209 g/mol. The number of thiophene rings is 1. The smallest absolute Gasteiger partial charge is 0.243 e. The first-order chi connectivity index (χ1) is 6.75. The van der Waals surface area contributed by atoms with E-state index in [2.05, 4.69) is 38.2 Å². The van der Waals surface area contributed by atoms with Gasteiger partial charge in [0.25, 0.3) is 0 Å². The average Bonchev–Trinajstić information content (AvgIpc) is 2.72. The van der Waals surface area contributed by atoms with Crippen LogP contribution in [0.4, 0.5) is 11.9 Å². The number of nitrogens with one attached hydrogen (secondary N) is 2. The number of H-pyrrole nitrogens is 1. The van der Waals surface area contributed by atoms with Crippen molar-refractivity contribution in [3.8, 4) is 0 Å². The number of nitrogen functional groups attached to an aromatic ring is 1. The molecular formula is C8H11N5S. The van der Waals surface area contributed by atoms with Gasteiger partial charge in [0, 0.05) is 6.54 Å². The van der Waals surface area contributed by atoms with Crippen LogP contribution in [0, 0.1) is 6.92 Å². The SMILES string of the molecule is Cc1cscc1CNc1n[nH]c(N)n1. The zero-order valence-electron chi connectivity index (χ0n) is 7.74. The summed E-state index contributed by atoms with van der Waals surface area (Å²) in [6, 6.07) is 0. The highest BCUT2D eigenvalue weighted by Crippen LogP contribution is 2.14. The molecule has 0 unspecified atom stereocenters. The lowest BCUT2D eigenvalue weighted by molar-refractivity contribution is 1.04. The summed E-state index contributed by atoms with van der Waals surface area (Å²) < 4.78 is 0. The molecule has 2 heterocycles. The van der Waals surface area contributed by atoms with E-state index in [1.165, 1.54) is 11.1 Å². The number of nitrogens with two attached hydrogens (primary N) is 1. The van der Waals surface area contributed by atoms with Crippen molar-refractivity contribution in [3.63, 3.8) is 0 Å². The highest BCUT2D eigenvalue weighted by Gasteiger charge is 2.01. The minimum absolute atomic E-state index is 0.328. The number of nitrogens with zero attached hydrogens (tertiary/aromatic N) is 2.